The summed E-state index contributed by atoms with van der Waals surface area (Å²) in [6.07, 6.45) is -2.39. The Morgan fingerprint density at radius 1 is 0.848 bits per heavy atom. The first-order valence-electron chi connectivity index (χ1n) is 9.51. The van der Waals surface area contributed by atoms with Gasteiger partial charge in [-0.25, -0.2) is 0 Å². The summed E-state index contributed by atoms with van der Waals surface area (Å²) in [6, 6.07) is 0. The third kappa shape index (κ3) is 8.05. The number of amides is 3. The van der Waals surface area contributed by atoms with Crippen LogP contribution in [0.1, 0.15) is 20.7 Å². The number of carbonyl (C=O) groups is 3. The van der Waals surface area contributed by atoms with Crippen LogP contribution >= 0.6 is 67.8 Å². The predicted molar refractivity (Wildman–Crippen MR) is 144 cm³/mol. The van der Waals surface area contributed by atoms with Crippen molar-refractivity contribution in [2.45, 2.75) is 12.2 Å². The van der Waals surface area contributed by atoms with Gasteiger partial charge in [0.25, 0.3) is 11.8 Å². The average Bonchev–Trinajstić information content (AvgIpc) is 2.79. The maximum atomic E-state index is 13.0. The molecule has 2 atom stereocenters. The van der Waals surface area contributed by atoms with Crippen LogP contribution in [0.15, 0.2) is 0 Å². The summed E-state index contributed by atoms with van der Waals surface area (Å²) in [5, 5.41) is 51.6. The van der Waals surface area contributed by atoms with E-state index in [-0.39, 0.29) is 46.6 Å². The van der Waals surface area contributed by atoms with Gasteiger partial charge in [0.2, 0.25) is 5.91 Å². The number of carbonyl (C=O) groups excluding carboxylic acids is 3. The highest BCUT2D eigenvalue weighted by atomic mass is 127. The van der Waals surface area contributed by atoms with Gasteiger partial charge in [-0.05, 0) is 67.8 Å². The van der Waals surface area contributed by atoms with E-state index in [0.717, 1.165) is 0 Å². The fourth-order valence-electron chi connectivity index (χ4n) is 2.58. The largest absolute Gasteiger partial charge is 0.395 e. The Morgan fingerprint density at radius 3 is 1.61 bits per heavy atom. The monoisotopic (exact) mass is 806 g/mol. The number of halogens is 3. The molecule has 0 heterocycles. The minimum absolute atomic E-state index is 0.0392. The number of nitrogens with one attached hydrogen (secondary N) is 2. The first-order chi connectivity index (χ1) is 15.5. The Labute approximate surface area is 230 Å². The van der Waals surface area contributed by atoms with Crippen molar-refractivity contribution < 1.29 is 39.9 Å². The third-order valence-electron chi connectivity index (χ3n) is 4.24. The molecule has 0 bridgehead atoms. The number of nitrogens with two attached hydrogens (primary N) is 1. The average molecular weight is 806 g/mol. The predicted octanol–water partition coefficient (Wildman–Crippen LogP) is -2.05. The second-order valence-corrected chi connectivity index (χ2v) is 9.84. The van der Waals surface area contributed by atoms with E-state index in [2.05, 4.69) is 10.6 Å². The van der Waals surface area contributed by atoms with Gasteiger partial charge < -0.3 is 46.8 Å². The summed E-state index contributed by atoms with van der Waals surface area (Å²) in [4.78, 5) is 39.7. The highest BCUT2D eigenvalue weighted by Crippen LogP contribution is 2.38. The van der Waals surface area contributed by atoms with Crippen LogP contribution in [0.25, 0.3) is 0 Å². The summed E-state index contributed by atoms with van der Waals surface area (Å²) in [7, 11) is 0. The van der Waals surface area contributed by atoms with E-state index in [9.17, 15) is 29.7 Å². The van der Waals surface area contributed by atoms with E-state index in [4.69, 9.17) is 15.9 Å². The maximum Gasteiger partial charge on any atom is 0.253 e. The molecule has 12 nitrogen and oxygen atoms in total. The molecule has 186 valence electrons. The minimum atomic E-state index is -1.19. The number of anilines is 1. The standard InChI is InChI=1S/C18H25I3N4O8/c19-13-11(17(32)23-4-8(29)6-27)14(20)16(25(1-2-26)10(31)3-22)15(21)12(13)18(33)24-5-9(30)7-28/h8-9,26-30H,1-7,22H2,(H,23,32)(H,24,33). The molecule has 0 saturated carbocycles. The number of rotatable bonds is 12. The van der Waals surface area contributed by atoms with Crippen molar-refractivity contribution in [3.63, 3.8) is 0 Å². The second-order valence-electron chi connectivity index (χ2n) is 6.61. The Hall–Kier alpha value is -0.420. The van der Waals surface area contributed by atoms with Crippen LogP contribution in [-0.2, 0) is 4.79 Å². The van der Waals surface area contributed by atoms with Crippen molar-refractivity contribution in [1.82, 2.24) is 10.6 Å². The van der Waals surface area contributed by atoms with Crippen molar-refractivity contribution in [2.24, 2.45) is 5.73 Å². The molecule has 15 heteroatoms. The molecule has 0 spiro atoms. The number of aliphatic hydroxyl groups excluding tert-OH is 5. The molecule has 1 rings (SSSR count). The smallest absolute Gasteiger partial charge is 0.253 e. The first kappa shape index (κ1) is 30.6. The van der Waals surface area contributed by atoms with Gasteiger partial charge in [-0.15, -0.1) is 0 Å². The molecule has 0 aliphatic carbocycles. The molecule has 1 aromatic carbocycles. The van der Waals surface area contributed by atoms with E-state index < -0.39 is 49.8 Å². The topological polar surface area (TPSA) is 206 Å². The molecular weight excluding hydrogens is 781 g/mol. The number of hydrogen-bond acceptors (Lipinski definition) is 9. The summed E-state index contributed by atoms with van der Waals surface area (Å²) in [5.41, 5.74) is 5.79. The van der Waals surface area contributed by atoms with Gasteiger partial charge >= 0.3 is 0 Å². The molecular formula is C18H25I3N4O8. The molecule has 3 amide bonds. The highest BCUT2D eigenvalue weighted by Gasteiger charge is 2.31. The first-order valence-corrected chi connectivity index (χ1v) is 12.7. The van der Waals surface area contributed by atoms with Gasteiger partial charge in [-0.1, -0.05) is 0 Å². The van der Waals surface area contributed by atoms with E-state index >= 15 is 0 Å². The SMILES string of the molecule is NCC(=O)N(CCO)c1c(I)c(C(=O)NCC(O)CO)c(I)c(C(=O)NCC(O)CO)c1I. The van der Waals surface area contributed by atoms with E-state index in [1.54, 1.807) is 0 Å². The fraction of sp³-hybridized carbons (Fsp3) is 0.500. The fourth-order valence-corrected chi connectivity index (χ4v) is 7.31. The maximum absolute atomic E-state index is 13.0. The van der Waals surface area contributed by atoms with Crippen LogP contribution in [0.5, 0.6) is 0 Å². The zero-order valence-corrected chi connectivity index (χ0v) is 23.7. The van der Waals surface area contributed by atoms with Crippen molar-refractivity contribution in [3.05, 3.63) is 21.8 Å². The lowest BCUT2D eigenvalue weighted by Crippen LogP contribution is -2.41. The molecule has 0 fully saturated rings. The van der Waals surface area contributed by atoms with Crippen LogP contribution in [-0.4, -0.2) is 101 Å². The summed E-state index contributed by atoms with van der Waals surface area (Å²) < 4.78 is 0.848. The molecule has 33 heavy (non-hydrogen) atoms. The van der Waals surface area contributed by atoms with Gasteiger partial charge in [0.15, 0.2) is 0 Å². The molecule has 1 aromatic rings. The summed E-state index contributed by atoms with van der Waals surface area (Å²) in [5.74, 6) is -1.88. The van der Waals surface area contributed by atoms with Crippen molar-refractivity contribution in [2.75, 3.05) is 50.9 Å². The van der Waals surface area contributed by atoms with Crippen molar-refractivity contribution >= 4 is 91.2 Å². The lowest BCUT2D eigenvalue weighted by atomic mass is 10.1. The second kappa shape index (κ2) is 14.9. The molecule has 2 unspecified atom stereocenters. The zero-order valence-electron chi connectivity index (χ0n) is 17.2. The van der Waals surface area contributed by atoms with Gasteiger partial charge in [0.1, 0.15) is 0 Å². The van der Waals surface area contributed by atoms with Gasteiger partial charge in [-0.3, -0.25) is 14.4 Å². The van der Waals surface area contributed by atoms with Gasteiger partial charge in [0.05, 0.1) is 62.5 Å². The van der Waals surface area contributed by atoms with Gasteiger partial charge in [0, 0.05) is 23.2 Å². The summed E-state index contributed by atoms with van der Waals surface area (Å²) >= 11 is 5.52. The molecule has 0 aliphatic rings. The lowest BCUT2D eigenvalue weighted by molar-refractivity contribution is -0.117. The van der Waals surface area contributed by atoms with Gasteiger partial charge in [-0.2, -0.15) is 0 Å². The van der Waals surface area contributed by atoms with Crippen LogP contribution in [0, 0.1) is 10.7 Å². The van der Waals surface area contributed by atoms with Crippen LogP contribution < -0.4 is 21.3 Å². The minimum Gasteiger partial charge on any atom is -0.395 e. The Balaban J connectivity index is 3.71. The quantitative estimate of drug-likeness (QED) is 0.109. The van der Waals surface area contributed by atoms with E-state index in [1.165, 1.54) is 4.90 Å². The molecule has 0 aromatic heterocycles. The van der Waals surface area contributed by atoms with Crippen LogP contribution in [0.4, 0.5) is 5.69 Å². The number of hydrogen-bond donors (Lipinski definition) is 8. The Morgan fingerprint density at radius 2 is 1.27 bits per heavy atom. The Kier molecular flexibility index (Phi) is 13.8. The normalized spacial score (nSPS) is 12.8. The summed E-state index contributed by atoms with van der Waals surface area (Å²) in [6.45, 7) is -2.57. The third-order valence-corrected chi connectivity index (χ3v) is 7.41. The van der Waals surface area contributed by atoms with Crippen LogP contribution in [0.2, 0.25) is 0 Å². The zero-order chi connectivity index (χ0) is 25.3. The molecule has 0 aliphatic heterocycles. The highest BCUT2D eigenvalue weighted by molar-refractivity contribution is 14.1. The number of benzene rings is 1. The molecule has 0 saturated heterocycles. The van der Waals surface area contributed by atoms with E-state index in [0.29, 0.717) is 7.14 Å². The van der Waals surface area contributed by atoms with Crippen molar-refractivity contribution in [1.29, 1.82) is 0 Å². The molecule has 0 radical (unpaired) electrons. The van der Waals surface area contributed by atoms with Crippen molar-refractivity contribution in [3.8, 4) is 0 Å². The number of aliphatic hydroxyl groups is 5. The number of nitrogens with zero attached hydrogens (tertiary/aromatic N) is 1. The van der Waals surface area contributed by atoms with Crippen LogP contribution in [0.3, 0.4) is 0 Å². The lowest BCUT2D eigenvalue weighted by Gasteiger charge is -2.27. The Bertz CT molecular complexity index is 821. The molecule has 9 N–H and O–H groups in total. The van der Waals surface area contributed by atoms with E-state index in [1.807, 2.05) is 67.8 Å².